The molecular weight excluding hydrogens is 186 g/mol. The third-order valence-corrected chi connectivity index (χ3v) is 3.69. The van der Waals surface area contributed by atoms with Crippen LogP contribution in [0.5, 0.6) is 0 Å². The molecule has 0 aromatic rings. The maximum atomic E-state index is 10.9. The van der Waals surface area contributed by atoms with Crippen LogP contribution in [-0.4, -0.2) is 45.0 Å². The van der Waals surface area contributed by atoms with Crippen molar-refractivity contribution >= 4 is 9.84 Å². The van der Waals surface area contributed by atoms with Gasteiger partial charge in [0.05, 0.1) is 11.5 Å². The number of rotatable bonds is 1. The van der Waals surface area contributed by atoms with Crippen molar-refractivity contribution in [3.63, 3.8) is 0 Å². The van der Waals surface area contributed by atoms with Crippen LogP contribution >= 0.6 is 0 Å². The lowest BCUT2D eigenvalue weighted by atomic mass is 10.2. The van der Waals surface area contributed by atoms with Crippen molar-refractivity contribution in [2.75, 3.05) is 25.6 Å². The van der Waals surface area contributed by atoms with Crippen molar-refractivity contribution in [2.24, 2.45) is 0 Å². The van der Waals surface area contributed by atoms with E-state index in [1.165, 1.54) is 0 Å². The van der Waals surface area contributed by atoms with Gasteiger partial charge in [-0.3, -0.25) is 0 Å². The van der Waals surface area contributed by atoms with Crippen LogP contribution in [-0.2, 0) is 9.84 Å². The summed E-state index contributed by atoms with van der Waals surface area (Å²) >= 11 is 0. The highest BCUT2D eigenvalue weighted by Crippen LogP contribution is 2.14. The summed E-state index contributed by atoms with van der Waals surface area (Å²) in [6, 6.07) is 0.255. The highest BCUT2D eigenvalue weighted by molar-refractivity contribution is 7.91. The Morgan fingerprint density at radius 1 is 1.36 bits per heavy atom. The van der Waals surface area contributed by atoms with Gasteiger partial charge in [-0.1, -0.05) is 0 Å². The fraction of sp³-hybridized carbons (Fsp3) is 1.00. The lowest BCUT2D eigenvalue weighted by molar-refractivity contribution is -0.00000466. The van der Waals surface area contributed by atoms with Crippen molar-refractivity contribution in [3.8, 4) is 0 Å². The van der Waals surface area contributed by atoms with Crippen LogP contribution in [0.15, 0.2) is 0 Å². The van der Waals surface area contributed by atoms with Gasteiger partial charge in [-0.15, -0.1) is 0 Å². The zero-order chi connectivity index (χ0) is 7.78. The molecule has 1 atom stereocenters. The largest absolute Gasteiger partial charge is 1.00 e. The first-order chi connectivity index (χ1) is 4.51. The summed E-state index contributed by atoms with van der Waals surface area (Å²) in [6.07, 6.45) is 0.801. The predicted molar refractivity (Wildman–Crippen MR) is 40.7 cm³/mol. The SMILES string of the molecule is CN(C)C1CCS(=O)(=O)C1.[Cl-]. The second kappa shape index (κ2) is 3.74. The maximum Gasteiger partial charge on any atom is 0.151 e. The van der Waals surface area contributed by atoms with Crippen molar-refractivity contribution in [1.29, 1.82) is 0 Å². The van der Waals surface area contributed by atoms with E-state index >= 15 is 0 Å². The molecule has 1 aliphatic rings. The molecule has 1 saturated heterocycles. The third-order valence-electron chi connectivity index (χ3n) is 1.94. The lowest BCUT2D eigenvalue weighted by Crippen LogP contribution is -3.00. The molecule has 0 aromatic carbocycles. The Morgan fingerprint density at radius 3 is 2.09 bits per heavy atom. The summed E-state index contributed by atoms with van der Waals surface area (Å²) < 4.78 is 21.8. The Hall–Kier alpha value is 0.200. The van der Waals surface area contributed by atoms with Crippen LogP contribution < -0.4 is 12.4 Å². The summed E-state index contributed by atoms with van der Waals surface area (Å²) in [4.78, 5) is 1.98. The van der Waals surface area contributed by atoms with E-state index in [2.05, 4.69) is 0 Å². The minimum Gasteiger partial charge on any atom is -1.00 e. The first kappa shape index (κ1) is 11.2. The molecule has 1 unspecified atom stereocenters. The first-order valence-corrected chi connectivity index (χ1v) is 5.20. The van der Waals surface area contributed by atoms with E-state index < -0.39 is 9.84 Å². The van der Waals surface area contributed by atoms with Gasteiger partial charge in [-0.05, 0) is 20.5 Å². The van der Waals surface area contributed by atoms with Crippen LogP contribution in [0.1, 0.15) is 6.42 Å². The fourth-order valence-electron chi connectivity index (χ4n) is 1.18. The molecule has 11 heavy (non-hydrogen) atoms. The number of hydrogen-bond donors (Lipinski definition) is 0. The number of halogens is 1. The molecule has 1 rings (SSSR count). The van der Waals surface area contributed by atoms with Crippen LogP contribution in [0.3, 0.4) is 0 Å². The molecule has 0 spiro atoms. The zero-order valence-electron chi connectivity index (χ0n) is 6.75. The monoisotopic (exact) mass is 198 g/mol. The summed E-state index contributed by atoms with van der Waals surface area (Å²) in [5.41, 5.74) is 0. The van der Waals surface area contributed by atoms with Crippen molar-refractivity contribution < 1.29 is 20.8 Å². The first-order valence-electron chi connectivity index (χ1n) is 3.38. The minimum atomic E-state index is -2.68. The van der Waals surface area contributed by atoms with Crippen molar-refractivity contribution in [3.05, 3.63) is 0 Å². The van der Waals surface area contributed by atoms with Gasteiger partial charge in [-0.25, -0.2) is 8.42 Å². The van der Waals surface area contributed by atoms with Gasteiger partial charge in [0.25, 0.3) is 0 Å². The Balaban J connectivity index is 0.000001000. The summed E-state index contributed by atoms with van der Waals surface area (Å²) in [6.45, 7) is 0. The molecule has 1 aliphatic heterocycles. The van der Waals surface area contributed by atoms with Gasteiger partial charge in [0.2, 0.25) is 0 Å². The zero-order valence-corrected chi connectivity index (χ0v) is 8.32. The van der Waals surface area contributed by atoms with Gasteiger partial charge in [0.1, 0.15) is 0 Å². The van der Waals surface area contributed by atoms with E-state index in [1.807, 2.05) is 19.0 Å². The standard InChI is InChI=1S/C6H13NO2S.ClH/c1-7(2)6-3-4-10(8,9)5-6;/h6H,3-5H2,1-2H3;1H/p-1. The number of nitrogens with zero attached hydrogens (tertiary/aromatic N) is 1. The van der Waals surface area contributed by atoms with Gasteiger partial charge < -0.3 is 17.3 Å². The molecule has 0 bridgehead atoms. The molecule has 5 heteroatoms. The molecule has 0 amide bonds. The average Bonchev–Trinajstić information content (AvgIpc) is 2.10. The maximum absolute atomic E-state index is 10.9. The normalized spacial score (nSPS) is 28.5. The van der Waals surface area contributed by atoms with Gasteiger partial charge >= 0.3 is 0 Å². The molecule has 0 aliphatic carbocycles. The fourth-order valence-corrected chi connectivity index (χ4v) is 3.03. The lowest BCUT2D eigenvalue weighted by Gasteiger charge is -2.15. The molecule has 68 valence electrons. The summed E-state index contributed by atoms with van der Waals surface area (Å²) in [7, 11) is 1.16. The van der Waals surface area contributed by atoms with E-state index in [9.17, 15) is 8.42 Å². The van der Waals surface area contributed by atoms with E-state index in [-0.39, 0.29) is 18.4 Å². The molecule has 0 N–H and O–H groups in total. The van der Waals surface area contributed by atoms with Gasteiger partial charge in [0, 0.05) is 6.04 Å². The third kappa shape index (κ3) is 2.97. The van der Waals surface area contributed by atoms with Crippen LogP contribution in [0.4, 0.5) is 0 Å². The average molecular weight is 199 g/mol. The molecule has 0 aromatic heterocycles. The minimum absolute atomic E-state index is 0. The molecule has 0 radical (unpaired) electrons. The van der Waals surface area contributed by atoms with Gasteiger partial charge in [-0.2, -0.15) is 0 Å². The van der Waals surface area contributed by atoms with Crippen LogP contribution in [0.2, 0.25) is 0 Å². The van der Waals surface area contributed by atoms with Crippen LogP contribution in [0, 0.1) is 0 Å². The molecule has 1 fully saturated rings. The summed E-state index contributed by atoms with van der Waals surface area (Å²) in [5.74, 6) is 0.718. The number of sulfone groups is 1. The second-order valence-electron chi connectivity index (χ2n) is 3.02. The predicted octanol–water partition coefficient (Wildman–Crippen LogP) is -3.26. The Morgan fingerprint density at radius 2 is 1.91 bits per heavy atom. The van der Waals surface area contributed by atoms with E-state index in [0.29, 0.717) is 11.5 Å². The van der Waals surface area contributed by atoms with Gasteiger partial charge in [0.15, 0.2) is 9.84 Å². The Kier molecular flexibility index (Phi) is 3.80. The Labute approximate surface area is 74.1 Å². The topological polar surface area (TPSA) is 37.4 Å². The molecule has 0 saturated carbocycles. The molecule has 1 heterocycles. The smallest absolute Gasteiger partial charge is 0.151 e. The van der Waals surface area contributed by atoms with Crippen molar-refractivity contribution in [2.45, 2.75) is 12.5 Å². The highest BCUT2D eigenvalue weighted by Gasteiger charge is 2.28. The van der Waals surface area contributed by atoms with E-state index in [1.54, 1.807) is 0 Å². The van der Waals surface area contributed by atoms with E-state index in [4.69, 9.17) is 0 Å². The molecule has 3 nitrogen and oxygen atoms in total. The molecular formula is C6H13ClNO2S-. The van der Waals surface area contributed by atoms with E-state index in [0.717, 1.165) is 6.42 Å². The van der Waals surface area contributed by atoms with Crippen molar-refractivity contribution in [1.82, 2.24) is 4.90 Å². The highest BCUT2D eigenvalue weighted by atomic mass is 35.5. The van der Waals surface area contributed by atoms with Crippen LogP contribution in [0.25, 0.3) is 0 Å². The number of hydrogen-bond acceptors (Lipinski definition) is 3. The Bertz CT molecular complexity index is 213. The second-order valence-corrected chi connectivity index (χ2v) is 5.25. The summed E-state index contributed by atoms with van der Waals surface area (Å²) in [5, 5.41) is 0. The quantitative estimate of drug-likeness (QED) is 0.444.